The van der Waals surface area contributed by atoms with E-state index < -0.39 is 0 Å². The summed E-state index contributed by atoms with van der Waals surface area (Å²) in [5, 5.41) is 3.23. The molecule has 19 heavy (non-hydrogen) atoms. The van der Waals surface area contributed by atoms with Crippen LogP contribution in [0.3, 0.4) is 0 Å². The van der Waals surface area contributed by atoms with Crippen LogP contribution >= 0.6 is 11.3 Å². The van der Waals surface area contributed by atoms with Gasteiger partial charge in [0.25, 0.3) is 0 Å². The molecular formula is C15H26N2OS. The molecule has 0 aliphatic carbocycles. The topological polar surface area (TPSA) is 24.5 Å². The lowest BCUT2D eigenvalue weighted by Crippen LogP contribution is -2.36. The van der Waals surface area contributed by atoms with Crippen molar-refractivity contribution in [3.05, 3.63) is 21.4 Å². The summed E-state index contributed by atoms with van der Waals surface area (Å²) in [6.07, 6.45) is 2.85. The van der Waals surface area contributed by atoms with Crippen LogP contribution in [0.1, 0.15) is 35.1 Å². The maximum absolute atomic E-state index is 5.71. The van der Waals surface area contributed by atoms with Crippen LogP contribution in [0.25, 0.3) is 0 Å². The number of aryl methyl sites for hydroxylation is 1. The van der Waals surface area contributed by atoms with E-state index in [1.165, 1.54) is 41.2 Å². The molecule has 1 aromatic rings. The second kappa shape index (κ2) is 7.39. The second-order valence-electron chi connectivity index (χ2n) is 5.26. The molecule has 1 aromatic heterocycles. The van der Waals surface area contributed by atoms with Crippen molar-refractivity contribution < 1.29 is 4.74 Å². The van der Waals surface area contributed by atoms with Crippen molar-refractivity contribution in [2.75, 3.05) is 26.7 Å². The fourth-order valence-corrected chi connectivity index (χ4v) is 3.78. The number of ether oxygens (including phenoxy) is 1. The predicted octanol–water partition coefficient (Wildman–Crippen LogP) is 2.78. The number of nitrogens with one attached hydrogen (secondary N) is 1. The van der Waals surface area contributed by atoms with E-state index in [-0.39, 0.29) is 0 Å². The van der Waals surface area contributed by atoms with E-state index in [4.69, 9.17) is 4.74 Å². The summed E-state index contributed by atoms with van der Waals surface area (Å²) in [5.41, 5.74) is 1.50. The first kappa shape index (κ1) is 15.0. The normalized spacial score (nSPS) is 18.1. The Morgan fingerprint density at radius 1 is 1.42 bits per heavy atom. The molecule has 0 unspecified atom stereocenters. The first-order valence-electron chi connectivity index (χ1n) is 7.29. The predicted molar refractivity (Wildman–Crippen MR) is 81.7 cm³/mol. The maximum Gasteiger partial charge on any atom is 0.0599 e. The Balaban J connectivity index is 1.85. The first-order valence-corrected chi connectivity index (χ1v) is 8.11. The Morgan fingerprint density at radius 2 is 2.16 bits per heavy atom. The molecule has 0 saturated carbocycles. The fraction of sp³-hybridized carbons (Fsp3) is 0.733. The molecule has 1 saturated heterocycles. The Labute approximate surface area is 121 Å². The van der Waals surface area contributed by atoms with Crippen LogP contribution < -0.4 is 5.32 Å². The molecule has 0 radical (unpaired) electrons. The summed E-state index contributed by atoms with van der Waals surface area (Å²) >= 11 is 1.92. The van der Waals surface area contributed by atoms with Crippen LogP contribution in [0, 0.1) is 6.92 Å². The number of rotatable bonds is 6. The highest BCUT2D eigenvalue weighted by Crippen LogP contribution is 2.24. The van der Waals surface area contributed by atoms with Gasteiger partial charge in [-0.25, -0.2) is 0 Å². The lowest BCUT2D eigenvalue weighted by molar-refractivity contribution is 0.0125. The number of thiophene rings is 1. The van der Waals surface area contributed by atoms with Crippen LogP contribution in [0.2, 0.25) is 0 Å². The highest BCUT2D eigenvalue weighted by atomic mass is 32.1. The molecule has 108 valence electrons. The summed E-state index contributed by atoms with van der Waals surface area (Å²) in [7, 11) is 2.01. The quantitative estimate of drug-likeness (QED) is 0.868. The Bertz CT molecular complexity index is 383. The number of likely N-dealkylation sites (tertiary alicyclic amines) is 1. The monoisotopic (exact) mass is 282 g/mol. The first-order chi connectivity index (χ1) is 9.22. The highest BCUT2D eigenvalue weighted by molar-refractivity contribution is 7.12. The molecule has 3 nitrogen and oxygen atoms in total. The van der Waals surface area contributed by atoms with Gasteiger partial charge in [0.15, 0.2) is 0 Å². The average molecular weight is 282 g/mol. The fourth-order valence-electron chi connectivity index (χ4n) is 2.72. The summed E-state index contributed by atoms with van der Waals surface area (Å²) in [6.45, 7) is 9.60. The van der Waals surface area contributed by atoms with Crippen molar-refractivity contribution in [1.29, 1.82) is 0 Å². The number of hydrogen-bond donors (Lipinski definition) is 1. The van der Waals surface area contributed by atoms with E-state index in [0.717, 1.165) is 19.7 Å². The lowest BCUT2D eigenvalue weighted by Gasteiger charge is -2.31. The molecule has 2 heterocycles. The van der Waals surface area contributed by atoms with Gasteiger partial charge in [0.1, 0.15) is 0 Å². The molecule has 4 heteroatoms. The van der Waals surface area contributed by atoms with Crippen molar-refractivity contribution in [1.82, 2.24) is 10.2 Å². The standard InChI is InChI=1S/C15H26N2OS/c1-4-18-14-5-7-17(8-6-14)11-13-9-15(10-16-3)19-12(13)2/h9,14,16H,4-8,10-11H2,1-3H3. The van der Waals surface area contributed by atoms with Gasteiger partial charge < -0.3 is 10.1 Å². The lowest BCUT2D eigenvalue weighted by atomic mass is 10.1. The number of hydrogen-bond acceptors (Lipinski definition) is 4. The van der Waals surface area contributed by atoms with E-state index >= 15 is 0 Å². The average Bonchev–Trinajstić information content (AvgIpc) is 2.73. The molecule has 0 aromatic carbocycles. The third kappa shape index (κ3) is 4.28. The molecule has 2 rings (SSSR count). The van der Waals surface area contributed by atoms with Crippen LogP contribution in [0.5, 0.6) is 0 Å². The van der Waals surface area contributed by atoms with Crippen molar-refractivity contribution in [3.8, 4) is 0 Å². The molecular weight excluding hydrogens is 256 g/mol. The molecule has 0 bridgehead atoms. The van der Waals surface area contributed by atoms with Crippen LogP contribution in [0.4, 0.5) is 0 Å². The van der Waals surface area contributed by atoms with E-state index in [2.05, 4.69) is 30.1 Å². The minimum atomic E-state index is 0.490. The third-order valence-electron chi connectivity index (χ3n) is 3.75. The highest BCUT2D eigenvalue weighted by Gasteiger charge is 2.20. The Hall–Kier alpha value is -0.420. The maximum atomic E-state index is 5.71. The molecule has 0 atom stereocenters. The van der Waals surface area contributed by atoms with Crippen molar-refractivity contribution in [2.24, 2.45) is 0 Å². The van der Waals surface area contributed by atoms with Crippen molar-refractivity contribution >= 4 is 11.3 Å². The van der Waals surface area contributed by atoms with E-state index in [1.807, 2.05) is 18.4 Å². The van der Waals surface area contributed by atoms with Gasteiger partial charge in [-0.15, -0.1) is 11.3 Å². The molecule has 1 aliphatic heterocycles. The Morgan fingerprint density at radius 3 is 2.79 bits per heavy atom. The van der Waals surface area contributed by atoms with Gasteiger partial charge in [0, 0.05) is 42.5 Å². The van der Waals surface area contributed by atoms with Gasteiger partial charge in [-0.1, -0.05) is 0 Å². The largest absolute Gasteiger partial charge is 0.378 e. The van der Waals surface area contributed by atoms with Gasteiger partial charge in [0.05, 0.1) is 6.10 Å². The SMILES string of the molecule is CCOC1CCN(Cc2cc(CNC)sc2C)CC1. The van der Waals surface area contributed by atoms with Crippen LogP contribution in [-0.2, 0) is 17.8 Å². The zero-order valence-electron chi connectivity index (χ0n) is 12.4. The minimum absolute atomic E-state index is 0.490. The minimum Gasteiger partial charge on any atom is -0.378 e. The third-order valence-corrected chi connectivity index (χ3v) is 4.85. The van der Waals surface area contributed by atoms with Gasteiger partial charge in [-0.2, -0.15) is 0 Å². The molecule has 0 spiro atoms. The smallest absolute Gasteiger partial charge is 0.0599 e. The van der Waals surface area contributed by atoms with Crippen molar-refractivity contribution in [2.45, 2.75) is 45.9 Å². The van der Waals surface area contributed by atoms with Gasteiger partial charge in [-0.05, 0) is 45.4 Å². The van der Waals surface area contributed by atoms with E-state index in [9.17, 15) is 0 Å². The van der Waals surface area contributed by atoms with Gasteiger partial charge >= 0.3 is 0 Å². The molecule has 1 fully saturated rings. The zero-order chi connectivity index (χ0) is 13.7. The van der Waals surface area contributed by atoms with Gasteiger partial charge in [0.2, 0.25) is 0 Å². The Kier molecular flexibility index (Phi) is 5.82. The summed E-state index contributed by atoms with van der Waals surface area (Å²) in [5.74, 6) is 0. The molecule has 1 aliphatic rings. The van der Waals surface area contributed by atoms with Crippen LogP contribution in [0.15, 0.2) is 6.07 Å². The van der Waals surface area contributed by atoms with E-state index in [1.54, 1.807) is 0 Å². The van der Waals surface area contributed by atoms with Crippen LogP contribution in [-0.4, -0.2) is 37.7 Å². The zero-order valence-corrected chi connectivity index (χ0v) is 13.2. The summed E-state index contributed by atoms with van der Waals surface area (Å²) in [6, 6.07) is 2.37. The summed E-state index contributed by atoms with van der Waals surface area (Å²) in [4.78, 5) is 5.48. The summed E-state index contributed by atoms with van der Waals surface area (Å²) < 4.78 is 5.71. The van der Waals surface area contributed by atoms with E-state index in [0.29, 0.717) is 6.10 Å². The second-order valence-corrected chi connectivity index (χ2v) is 6.60. The van der Waals surface area contributed by atoms with Gasteiger partial charge in [-0.3, -0.25) is 4.90 Å². The number of nitrogens with zero attached hydrogens (tertiary/aromatic N) is 1. The van der Waals surface area contributed by atoms with Crippen molar-refractivity contribution in [3.63, 3.8) is 0 Å². The number of piperidine rings is 1. The molecule has 0 amide bonds. The molecule has 1 N–H and O–H groups in total.